The number of allylic oxidation sites excluding steroid dienone is 3. The zero-order chi connectivity index (χ0) is 19.2. The van der Waals surface area contributed by atoms with Crippen molar-refractivity contribution in [2.24, 2.45) is 5.73 Å². The summed E-state index contributed by atoms with van der Waals surface area (Å²) in [5.41, 5.74) is 5.90. The van der Waals surface area contributed by atoms with Crippen LogP contribution in [0.2, 0.25) is 0 Å². The molecule has 0 unspecified atom stereocenters. The number of aromatic nitrogens is 1. The largest absolute Gasteiger partial charge is 0.430 e. The predicted molar refractivity (Wildman–Crippen MR) is 102 cm³/mol. The fourth-order valence-electron chi connectivity index (χ4n) is 2.81. The Kier molecular flexibility index (Phi) is 7.32. The topological polar surface area (TPSA) is 62.8 Å². The van der Waals surface area contributed by atoms with Crippen LogP contribution in [0.1, 0.15) is 56.7 Å². The maximum atomic E-state index is 12.6. The lowest BCUT2D eigenvalue weighted by Gasteiger charge is -2.09. The van der Waals surface area contributed by atoms with E-state index in [1.165, 1.54) is 35.9 Å². The van der Waals surface area contributed by atoms with E-state index in [0.29, 0.717) is 6.08 Å². The summed E-state index contributed by atoms with van der Waals surface area (Å²) in [6, 6.07) is 3.54. The standard InChI is InChI=1S/C19H24F3N3S/c1-2-3-4-5-6-13-8-10-26-18(13)14-7-9-25-16(11-14)15(23)12-17(24)19(20,21)22/h7,9,11-12,23H,2-6,8,10,24H2,1H3. The minimum absolute atomic E-state index is 0.194. The number of rotatable bonds is 8. The lowest BCUT2D eigenvalue weighted by Crippen LogP contribution is -2.20. The molecule has 0 aromatic carbocycles. The maximum absolute atomic E-state index is 12.6. The van der Waals surface area contributed by atoms with Gasteiger partial charge in [-0.25, -0.2) is 0 Å². The van der Waals surface area contributed by atoms with Gasteiger partial charge in [-0.1, -0.05) is 31.8 Å². The number of hydrogen-bond donors (Lipinski definition) is 2. The molecule has 1 aromatic heterocycles. The smallest absolute Gasteiger partial charge is 0.395 e. The van der Waals surface area contributed by atoms with Crippen molar-refractivity contribution in [1.82, 2.24) is 4.98 Å². The van der Waals surface area contributed by atoms with Crippen LogP contribution in [-0.2, 0) is 0 Å². The summed E-state index contributed by atoms with van der Waals surface area (Å²) in [5, 5.41) is 7.87. The predicted octanol–water partition coefficient (Wildman–Crippen LogP) is 5.67. The summed E-state index contributed by atoms with van der Waals surface area (Å²) in [5.74, 6) is 1.02. The van der Waals surface area contributed by atoms with E-state index in [4.69, 9.17) is 11.1 Å². The van der Waals surface area contributed by atoms with Gasteiger partial charge in [-0.2, -0.15) is 13.2 Å². The summed E-state index contributed by atoms with van der Waals surface area (Å²) in [6.07, 6.45) is 4.42. The van der Waals surface area contributed by atoms with Gasteiger partial charge in [-0.15, -0.1) is 11.8 Å². The first-order valence-electron chi connectivity index (χ1n) is 8.77. The molecule has 1 aliphatic rings. The second-order valence-electron chi connectivity index (χ2n) is 6.28. The highest BCUT2D eigenvalue weighted by atomic mass is 32.2. The molecule has 3 N–H and O–H groups in total. The van der Waals surface area contributed by atoms with Crippen LogP contribution in [0, 0.1) is 5.41 Å². The molecule has 0 fully saturated rings. The first kappa shape index (κ1) is 20.6. The third-order valence-corrected chi connectivity index (χ3v) is 5.45. The van der Waals surface area contributed by atoms with Crippen LogP contribution in [0.3, 0.4) is 0 Å². The number of unbranched alkanes of at least 4 members (excludes halogenated alkanes) is 3. The SMILES string of the molecule is CCCCCCC1=C(c2ccnc(C(=N)C=C(N)C(F)(F)F)c2)SCC1. The normalized spacial score (nSPS) is 15.6. The minimum atomic E-state index is -4.64. The number of thioether (sulfide) groups is 1. The Bertz CT molecular complexity index is 708. The molecule has 1 aromatic rings. The molecule has 0 spiro atoms. The van der Waals surface area contributed by atoms with Crippen molar-refractivity contribution in [3.8, 4) is 0 Å². The van der Waals surface area contributed by atoms with Gasteiger partial charge in [0, 0.05) is 16.9 Å². The zero-order valence-electron chi connectivity index (χ0n) is 14.8. The second-order valence-corrected chi connectivity index (χ2v) is 7.39. The molecule has 142 valence electrons. The quantitative estimate of drug-likeness (QED) is 0.449. The molecule has 0 saturated carbocycles. The molecular formula is C19H24F3N3S. The number of nitrogens with two attached hydrogens (primary N) is 1. The number of alkyl halides is 3. The molecule has 0 amide bonds. The first-order chi connectivity index (χ1) is 12.3. The van der Waals surface area contributed by atoms with E-state index in [0.717, 1.165) is 30.6 Å². The van der Waals surface area contributed by atoms with Crippen molar-refractivity contribution in [3.05, 3.63) is 46.9 Å². The highest BCUT2D eigenvalue weighted by Gasteiger charge is 2.31. The van der Waals surface area contributed by atoms with Gasteiger partial charge in [0.05, 0.1) is 11.4 Å². The van der Waals surface area contributed by atoms with E-state index >= 15 is 0 Å². The van der Waals surface area contributed by atoms with Crippen molar-refractivity contribution in [1.29, 1.82) is 5.41 Å². The number of hydrogen-bond acceptors (Lipinski definition) is 4. The Morgan fingerprint density at radius 2 is 2.12 bits per heavy atom. The van der Waals surface area contributed by atoms with Gasteiger partial charge < -0.3 is 5.73 Å². The number of nitrogens with one attached hydrogen (secondary N) is 1. The van der Waals surface area contributed by atoms with Gasteiger partial charge in [-0.05, 0) is 43.0 Å². The van der Waals surface area contributed by atoms with Crippen molar-refractivity contribution < 1.29 is 13.2 Å². The lowest BCUT2D eigenvalue weighted by molar-refractivity contribution is -0.0925. The summed E-state index contributed by atoms with van der Waals surface area (Å²) in [7, 11) is 0. The average molecular weight is 383 g/mol. The van der Waals surface area contributed by atoms with E-state index in [1.54, 1.807) is 17.8 Å². The molecule has 3 nitrogen and oxygen atoms in total. The van der Waals surface area contributed by atoms with Crippen LogP contribution in [-0.4, -0.2) is 22.6 Å². The van der Waals surface area contributed by atoms with Gasteiger partial charge in [0.25, 0.3) is 0 Å². The van der Waals surface area contributed by atoms with E-state index in [2.05, 4.69) is 11.9 Å². The molecular weight excluding hydrogens is 359 g/mol. The third kappa shape index (κ3) is 5.62. The lowest BCUT2D eigenvalue weighted by atomic mass is 10.0. The van der Waals surface area contributed by atoms with Gasteiger partial charge in [0.1, 0.15) is 5.70 Å². The Morgan fingerprint density at radius 3 is 2.81 bits per heavy atom. The molecule has 1 aliphatic heterocycles. The van der Waals surface area contributed by atoms with E-state index < -0.39 is 11.9 Å². The Labute approximate surface area is 156 Å². The van der Waals surface area contributed by atoms with Gasteiger partial charge in [-0.3, -0.25) is 10.4 Å². The third-order valence-electron chi connectivity index (χ3n) is 4.23. The Hall–Kier alpha value is -1.76. The minimum Gasteiger partial charge on any atom is -0.395 e. The van der Waals surface area contributed by atoms with Crippen molar-refractivity contribution in [3.63, 3.8) is 0 Å². The highest BCUT2D eigenvalue weighted by molar-refractivity contribution is 8.08. The van der Waals surface area contributed by atoms with Crippen LogP contribution < -0.4 is 5.73 Å². The molecule has 0 bridgehead atoms. The maximum Gasteiger partial charge on any atom is 0.430 e. The van der Waals surface area contributed by atoms with Crippen LogP contribution >= 0.6 is 11.8 Å². The van der Waals surface area contributed by atoms with Crippen molar-refractivity contribution in [2.75, 3.05) is 5.75 Å². The summed E-state index contributed by atoms with van der Waals surface area (Å²) in [4.78, 5) is 5.22. The van der Waals surface area contributed by atoms with Crippen LogP contribution in [0.15, 0.2) is 35.7 Å². The van der Waals surface area contributed by atoms with Crippen LogP contribution in [0.4, 0.5) is 13.2 Å². The summed E-state index contributed by atoms with van der Waals surface area (Å²) < 4.78 is 37.7. The van der Waals surface area contributed by atoms with Crippen molar-refractivity contribution >= 4 is 22.4 Å². The molecule has 0 saturated heterocycles. The zero-order valence-corrected chi connectivity index (χ0v) is 15.6. The average Bonchev–Trinajstić information content (AvgIpc) is 3.06. The molecule has 0 atom stereocenters. The van der Waals surface area contributed by atoms with Gasteiger partial charge in [0.15, 0.2) is 0 Å². The van der Waals surface area contributed by atoms with Crippen LogP contribution in [0.5, 0.6) is 0 Å². The van der Waals surface area contributed by atoms with Crippen LogP contribution in [0.25, 0.3) is 4.91 Å². The molecule has 26 heavy (non-hydrogen) atoms. The monoisotopic (exact) mass is 383 g/mol. The number of halogens is 3. The molecule has 7 heteroatoms. The summed E-state index contributed by atoms with van der Waals surface area (Å²) >= 11 is 1.77. The summed E-state index contributed by atoms with van der Waals surface area (Å²) in [6.45, 7) is 2.18. The van der Waals surface area contributed by atoms with Crippen molar-refractivity contribution in [2.45, 2.75) is 51.6 Å². The van der Waals surface area contributed by atoms with E-state index in [-0.39, 0.29) is 11.4 Å². The highest BCUT2D eigenvalue weighted by Crippen LogP contribution is 2.41. The Balaban J connectivity index is 2.18. The Morgan fingerprint density at radius 1 is 1.35 bits per heavy atom. The van der Waals surface area contributed by atoms with Gasteiger partial charge >= 0.3 is 6.18 Å². The number of pyridine rings is 1. The van der Waals surface area contributed by atoms with E-state index in [1.807, 2.05) is 6.07 Å². The molecule has 2 rings (SSSR count). The second kappa shape index (κ2) is 9.26. The molecule has 0 radical (unpaired) electrons. The number of nitrogens with zero attached hydrogens (tertiary/aromatic N) is 1. The van der Waals surface area contributed by atoms with Gasteiger partial charge in [0.2, 0.25) is 0 Å². The fraction of sp³-hybridized carbons (Fsp3) is 0.474. The molecule has 0 aliphatic carbocycles. The first-order valence-corrected chi connectivity index (χ1v) is 9.76. The fourth-order valence-corrected chi connectivity index (χ4v) is 4.07. The van der Waals surface area contributed by atoms with E-state index in [9.17, 15) is 13.2 Å². The molecule has 2 heterocycles.